The van der Waals surface area contributed by atoms with E-state index in [1.165, 1.54) is 6.07 Å². The molecular weight excluding hydrogens is 451 g/mol. The molecule has 12 heteroatoms. The molecule has 0 radical (unpaired) electrons. The Morgan fingerprint density at radius 3 is 2.68 bits per heavy atom. The van der Waals surface area contributed by atoms with E-state index in [9.17, 15) is 18.0 Å². The summed E-state index contributed by atoms with van der Waals surface area (Å²) in [6.45, 7) is 2.59. The second kappa shape index (κ2) is 7.90. The minimum absolute atomic E-state index is 0.0517. The van der Waals surface area contributed by atoms with Gasteiger partial charge < -0.3 is 14.6 Å². The number of carbonyl (C=O) groups excluding carboxylic acids is 1. The second-order valence-corrected chi connectivity index (χ2v) is 8.42. The van der Waals surface area contributed by atoms with Crippen molar-refractivity contribution in [3.8, 4) is 0 Å². The van der Waals surface area contributed by atoms with Gasteiger partial charge in [-0.25, -0.2) is 9.50 Å². The molecule has 5 rings (SSSR count). The molecule has 4 aromatic rings. The lowest BCUT2D eigenvalue weighted by molar-refractivity contribution is -0.141. The fourth-order valence-corrected chi connectivity index (χ4v) is 4.01. The number of rotatable bonds is 5. The summed E-state index contributed by atoms with van der Waals surface area (Å²) in [7, 11) is 1.87. The van der Waals surface area contributed by atoms with Gasteiger partial charge in [-0.15, -0.1) is 10.2 Å². The Balaban J connectivity index is 1.44. The summed E-state index contributed by atoms with van der Waals surface area (Å²) in [6, 6.07) is 9.53. The van der Waals surface area contributed by atoms with Gasteiger partial charge in [0.15, 0.2) is 11.3 Å². The lowest BCUT2D eigenvalue weighted by Crippen LogP contribution is -2.49. The van der Waals surface area contributed by atoms with Crippen LogP contribution in [0.1, 0.15) is 33.3 Å². The van der Waals surface area contributed by atoms with E-state index in [2.05, 4.69) is 25.6 Å². The van der Waals surface area contributed by atoms with Crippen molar-refractivity contribution in [3.05, 3.63) is 71.2 Å². The molecule has 1 aromatic carbocycles. The summed E-state index contributed by atoms with van der Waals surface area (Å²) in [6.07, 6.45) is -2.40. The maximum Gasteiger partial charge on any atom is 0.435 e. The van der Waals surface area contributed by atoms with E-state index < -0.39 is 17.8 Å². The van der Waals surface area contributed by atoms with Crippen LogP contribution in [0.5, 0.6) is 0 Å². The molecule has 1 aliphatic rings. The van der Waals surface area contributed by atoms with Gasteiger partial charge in [0, 0.05) is 36.3 Å². The number of hydrogen-bond acceptors (Lipinski definition) is 6. The number of nitrogens with one attached hydrogen (secondary N) is 1. The number of benzene rings is 1. The first-order valence-corrected chi connectivity index (χ1v) is 10.4. The summed E-state index contributed by atoms with van der Waals surface area (Å²) < 4.78 is 47.7. The van der Waals surface area contributed by atoms with Gasteiger partial charge in [-0.05, 0) is 30.7 Å². The number of anilines is 1. The number of nitrogens with zero attached hydrogens (tertiary/aromatic N) is 6. The van der Waals surface area contributed by atoms with E-state index in [0.29, 0.717) is 31.0 Å². The van der Waals surface area contributed by atoms with E-state index in [1.807, 2.05) is 29.8 Å². The van der Waals surface area contributed by atoms with Crippen molar-refractivity contribution in [3.63, 3.8) is 0 Å². The third-order valence-corrected chi connectivity index (χ3v) is 5.87. The molecule has 0 aliphatic carbocycles. The number of hydrogen-bond donors (Lipinski definition) is 1. The predicted octanol–water partition coefficient (Wildman–Crippen LogP) is 2.95. The number of fused-ring (bicyclic) bond motifs is 1. The van der Waals surface area contributed by atoms with Crippen molar-refractivity contribution in [1.29, 1.82) is 0 Å². The lowest BCUT2D eigenvalue weighted by atomic mass is 9.75. The Morgan fingerprint density at radius 1 is 1.24 bits per heavy atom. The van der Waals surface area contributed by atoms with Crippen molar-refractivity contribution >= 4 is 17.2 Å². The number of carbonyl (C=O) groups is 1. The molecule has 0 saturated carbocycles. The molecule has 1 amide bonds. The number of halogens is 3. The summed E-state index contributed by atoms with van der Waals surface area (Å²) in [4.78, 5) is 17.1. The van der Waals surface area contributed by atoms with Crippen molar-refractivity contribution in [2.24, 2.45) is 7.05 Å². The highest BCUT2D eigenvalue weighted by molar-refractivity contribution is 6.03. The van der Waals surface area contributed by atoms with Gasteiger partial charge in [0.25, 0.3) is 5.91 Å². The van der Waals surface area contributed by atoms with Crippen LogP contribution in [0.3, 0.4) is 0 Å². The predicted molar refractivity (Wildman–Crippen MR) is 114 cm³/mol. The summed E-state index contributed by atoms with van der Waals surface area (Å²) >= 11 is 0. The van der Waals surface area contributed by atoms with Gasteiger partial charge >= 0.3 is 6.18 Å². The summed E-state index contributed by atoms with van der Waals surface area (Å²) in [5.74, 6) is 0.211. The zero-order valence-corrected chi connectivity index (χ0v) is 18.3. The Labute approximate surface area is 191 Å². The van der Waals surface area contributed by atoms with E-state index in [-0.39, 0.29) is 16.8 Å². The Bertz CT molecular complexity index is 1390. The number of amides is 1. The van der Waals surface area contributed by atoms with Gasteiger partial charge in [-0.1, -0.05) is 12.1 Å². The highest BCUT2D eigenvalue weighted by Crippen LogP contribution is 2.36. The van der Waals surface area contributed by atoms with Crippen molar-refractivity contribution in [2.45, 2.75) is 24.9 Å². The van der Waals surface area contributed by atoms with E-state index >= 15 is 0 Å². The Kier molecular flexibility index (Phi) is 5.12. The molecule has 0 atom stereocenters. The quantitative estimate of drug-likeness (QED) is 0.481. The molecule has 0 spiro atoms. The molecule has 1 saturated heterocycles. The molecule has 34 heavy (non-hydrogen) atoms. The fraction of sp³-hybridized carbons (Fsp3) is 0.318. The molecule has 1 aliphatic heterocycles. The Hall–Kier alpha value is -3.80. The number of alkyl halides is 3. The van der Waals surface area contributed by atoms with Gasteiger partial charge in [0.1, 0.15) is 17.8 Å². The van der Waals surface area contributed by atoms with Crippen LogP contribution in [-0.4, -0.2) is 48.5 Å². The number of aromatic nitrogens is 6. The largest absolute Gasteiger partial charge is 0.435 e. The van der Waals surface area contributed by atoms with E-state index in [0.717, 1.165) is 22.0 Å². The van der Waals surface area contributed by atoms with Crippen LogP contribution in [-0.2, 0) is 29.8 Å². The highest BCUT2D eigenvalue weighted by Gasteiger charge is 2.42. The molecule has 3 aromatic heterocycles. The van der Waals surface area contributed by atoms with Crippen molar-refractivity contribution in [1.82, 2.24) is 29.4 Å². The minimum Gasteiger partial charge on any atom is -0.379 e. The molecule has 1 N–H and O–H groups in total. The Morgan fingerprint density at radius 2 is 2.03 bits per heavy atom. The van der Waals surface area contributed by atoms with Gasteiger partial charge in [0.05, 0.1) is 13.2 Å². The zero-order chi connectivity index (χ0) is 24.1. The smallest absolute Gasteiger partial charge is 0.379 e. The molecule has 0 unspecified atom stereocenters. The van der Waals surface area contributed by atoms with Crippen LogP contribution in [0.15, 0.2) is 42.7 Å². The van der Waals surface area contributed by atoms with Crippen LogP contribution in [0.2, 0.25) is 0 Å². The standard InChI is InChI=1S/C22H20F3N7O2/c1-13-6-16(32-18(27-13)8-17(30-32)22(23,24)25)20(33)28-15-5-3-4-14(7-15)21(10-34-11-21)9-19-29-26-12-31(19)2/h3-8,12H,9-11H2,1-2H3,(H,28,33). The third kappa shape index (κ3) is 3.89. The summed E-state index contributed by atoms with van der Waals surface area (Å²) in [5.41, 5.74) is 0.314. The van der Waals surface area contributed by atoms with Crippen LogP contribution < -0.4 is 5.32 Å². The average Bonchev–Trinajstić information content (AvgIpc) is 3.36. The maximum absolute atomic E-state index is 13.1. The van der Waals surface area contributed by atoms with Crippen LogP contribution in [0.4, 0.5) is 18.9 Å². The highest BCUT2D eigenvalue weighted by atomic mass is 19.4. The molecule has 9 nitrogen and oxygen atoms in total. The van der Waals surface area contributed by atoms with Gasteiger partial charge in [-0.2, -0.15) is 18.3 Å². The zero-order valence-electron chi connectivity index (χ0n) is 18.3. The minimum atomic E-state index is -4.65. The van der Waals surface area contributed by atoms with Crippen molar-refractivity contribution < 1.29 is 22.7 Å². The third-order valence-electron chi connectivity index (χ3n) is 5.87. The normalized spacial score (nSPS) is 15.3. The molecule has 1 fully saturated rings. The topological polar surface area (TPSA) is 99.2 Å². The van der Waals surface area contributed by atoms with Crippen molar-refractivity contribution in [2.75, 3.05) is 18.5 Å². The maximum atomic E-state index is 13.1. The lowest BCUT2D eigenvalue weighted by Gasteiger charge is -2.41. The van der Waals surface area contributed by atoms with E-state index in [1.54, 1.807) is 19.3 Å². The first-order chi connectivity index (χ1) is 16.1. The van der Waals surface area contributed by atoms with Crippen LogP contribution in [0.25, 0.3) is 5.65 Å². The molecule has 0 bridgehead atoms. The number of aryl methyl sites for hydroxylation is 2. The molecule has 176 valence electrons. The number of ether oxygens (including phenoxy) is 1. The summed E-state index contributed by atoms with van der Waals surface area (Å²) in [5, 5.41) is 14.4. The average molecular weight is 471 g/mol. The first kappa shape index (κ1) is 22.0. The van der Waals surface area contributed by atoms with Gasteiger partial charge in [0.2, 0.25) is 0 Å². The van der Waals surface area contributed by atoms with Crippen LogP contribution >= 0.6 is 0 Å². The second-order valence-electron chi connectivity index (χ2n) is 8.42. The molecular formula is C22H20F3N7O2. The first-order valence-electron chi connectivity index (χ1n) is 10.4. The van der Waals surface area contributed by atoms with E-state index in [4.69, 9.17) is 4.74 Å². The SMILES string of the molecule is Cc1cc(C(=O)Nc2cccc(C3(Cc4nncn4C)COC3)c2)n2nc(C(F)(F)F)cc2n1. The van der Waals surface area contributed by atoms with Gasteiger partial charge in [-0.3, -0.25) is 4.79 Å². The monoisotopic (exact) mass is 471 g/mol. The fourth-order valence-electron chi connectivity index (χ4n) is 4.01. The van der Waals surface area contributed by atoms with Crippen LogP contribution in [0, 0.1) is 6.92 Å². The molecule has 4 heterocycles.